The summed E-state index contributed by atoms with van der Waals surface area (Å²) in [6.07, 6.45) is 8.23. The molecule has 0 spiro atoms. The van der Waals surface area contributed by atoms with Gasteiger partial charge in [-0.25, -0.2) is 0 Å². The number of aromatic nitrogens is 2. The fraction of sp³-hybridized carbons (Fsp3) is 0.750. The van der Waals surface area contributed by atoms with Crippen molar-refractivity contribution in [2.75, 3.05) is 13.1 Å². The number of hydrogen-bond acceptors (Lipinski definition) is 3. The quantitative estimate of drug-likeness (QED) is 0.742. The van der Waals surface area contributed by atoms with E-state index in [1.165, 1.54) is 12.8 Å². The Morgan fingerprint density at radius 2 is 2.44 bits per heavy atom. The van der Waals surface area contributed by atoms with E-state index in [1.54, 1.807) is 0 Å². The SMILES string of the molecule is CC1CCC(CNCCCn2cccn2)O1. The lowest BCUT2D eigenvalue weighted by Crippen LogP contribution is -2.28. The molecule has 4 nitrogen and oxygen atoms in total. The first-order valence-corrected chi connectivity index (χ1v) is 6.18. The van der Waals surface area contributed by atoms with Crippen LogP contribution in [0.25, 0.3) is 0 Å². The number of nitrogens with one attached hydrogen (secondary N) is 1. The third kappa shape index (κ3) is 3.61. The predicted octanol–water partition coefficient (Wildman–Crippen LogP) is 1.43. The van der Waals surface area contributed by atoms with Gasteiger partial charge >= 0.3 is 0 Å². The van der Waals surface area contributed by atoms with E-state index in [0.29, 0.717) is 12.2 Å². The molecule has 90 valence electrons. The van der Waals surface area contributed by atoms with Gasteiger partial charge in [0, 0.05) is 25.5 Å². The van der Waals surface area contributed by atoms with Crippen molar-refractivity contribution in [2.24, 2.45) is 0 Å². The third-order valence-electron chi connectivity index (χ3n) is 2.99. The van der Waals surface area contributed by atoms with Crippen molar-refractivity contribution in [1.29, 1.82) is 0 Å². The summed E-state index contributed by atoms with van der Waals surface area (Å²) in [6.45, 7) is 5.16. The molecule has 1 aliphatic rings. The molecule has 1 aliphatic heterocycles. The van der Waals surface area contributed by atoms with Gasteiger partial charge in [-0.05, 0) is 38.8 Å². The molecule has 1 fully saturated rings. The second-order valence-corrected chi connectivity index (χ2v) is 4.47. The van der Waals surface area contributed by atoms with E-state index in [0.717, 1.165) is 26.1 Å². The second-order valence-electron chi connectivity index (χ2n) is 4.47. The van der Waals surface area contributed by atoms with Crippen molar-refractivity contribution < 1.29 is 4.74 Å². The number of hydrogen-bond donors (Lipinski definition) is 1. The maximum absolute atomic E-state index is 5.73. The molecule has 1 saturated heterocycles. The Balaban J connectivity index is 1.49. The Hall–Kier alpha value is -0.870. The van der Waals surface area contributed by atoms with Crippen LogP contribution in [0.2, 0.25) is 0 Å². The molecule has 0 radical (unpaired) electrons. The number of aryl methyl sites for hydroxylation is 1. The fourth-order valence-electron chi connectivity index (χ4n) is 2.10. The molecule has 4 heteroatoms. The topological polar surface area (TPSA) is 39.1 Å². The van der Waals surface area contributed by atoms with E-state index in [1.807, 2.05) is 23.1 Å². The Morgan fingerprint density at radius 3 is 3.12 bits per heavy atom. The summed E-state index contributed by atoms with van der Waals surface area (Å²) in [5, 5.41) is 7.61. The van der Waals surface area contributed by atoms with Crippen LogP contribution in [0.1, 0.15) is 26.2 Å². The summed E-state index contributed by atoms with van der Waals surface area (Å²) in [5.41, 5.74) is 0. The lowest BCUT2D eigenvalue weighted by Gasteiger charge is -2.12. The summed E-state index contributed by atoms with van der Waals surface area (Å²) in [4.78, 5) is 0. The standard InChI is InChI=1S/C12H21N3O/c1-11-4-5-12(16-11)10-13-6-2-8-15-9-3-7-14-15/h3,7,9,11-13H,2,4-6,8,10H2,1H3. The third-order valence-corrected chi connectivity index (χ3v) is 2.99. The van der Waals surface area contributed by atoms with Crippen LogP contribution in [0, 0.1) is 0 Å². The molecule has 0 saturated carbocycles. The van der Waals surface area contributed by atoms with Crippen LogP contribution in [0.3, 0.4) is 0 Å². The largest absolute Gasteiger partial charge is 0.374 e. The normalized spacial score (nSPS) is 25.1. The highest BCUT2D eigenvalue weighted by molar-refractivity contribution is 4.77. The second kappa shape index (κ2) is 6.01. The van der Waals surface area contributed by atoms with Crippen molar-refractivity contribution in [1.82, 2.24) is 15.1 Å². The highest BCUT2D eigenvalue weighted by atomic mass is 16.5. The van der Waals surface area contributed by atoms with E-state index in [4.69, 9.17) is 4.74 Å². The van der Waals surface area contributed by atoms with Crippen LogP contribution in [0.15, 0.2) is 18.5 Å². The van der Waals surface area contributed by atoms with Crippen LogP contribution < -0.4 is 5.32 Å². The van der Waals surface area contributed by atoms with Crippen LogP contribution in [0.4, 0.5) is 0 Å². The van der Waals surface area contributed by atoms with E-state index in [-0.39, 0.29) is 0 Å². The van der Waals surface area contributed by atoms with E-state index < -0.39 is 0 Å². The van der Waals surface area contributed by atoms with Crippen molar-refractivity contribution in [3.8, 4) is 0 Å². The fourth-order valence-corrected chi connectivity index (χ4v) is 2.10. The molecule has 2 rings (SSSR count). The Kier molecular flexibility index (Phi) is 4.36. The molecular formula is C12H21N3O. The molecule has 0 aliphatic carbocycles. The minimum Gasteiger partial charge on any atom is -0.374 e. The molecule has 16 heavy (non-hydrogen) atoms. The number of rotatable bonds is 6. The van der Waals surface area contributed by atoms with Crippen LogP contribution in [0.5, 0.6) is 0 Å². The van der Waals surface area contributed by atoms with Gasteiger partial charge in [0.15, 0.2) is 0 Å². The van der Waals surface area contributed by atoms with Crippen molar-refractivity contribution in [3.05, 3.63) is 18.5 Å². The highest BCUT2D eigenvalue weighted by Crippen LogP contribution is 2.17. The van der Waals surface area contributed by atoms with Crippen LogP contribution >= 0.6 is 0 Å². The van der Waals surface area contributed by atoms with Gasteiger partial charge in [-0.2, -0.15) is 5.10 Å². The van der Waals surface area contributed by atoms with E-state index >= 15 is 0 Å². The monoisotopic (exact) mass is 223 g/mol. The number of ether oxygens (including phenoxy) is 1. The Morgan fingerprint density at radius 1 is 1.50 bits per heavy atom. The lowest BCUT2D eigenvalue weighted by atomic mass is 10.2. The van der Waals surface area contributed by atoms with Gasteiger partial charge in [0.1, 0.15) is 0 Å². The predicted molar refractivity (Wildman–Crippen MR) is 63.3 cm³/mol. The summed E-state index contributed by atoms with van der Waals surface area (Å²) < 4.78 is 7.70. The Labute approximate surface area is 97.0 Å². The maximum atomic E-state index is 5.73. The van der Waals surface area contributed by atoms with Gasteiger partial charge in [0.25, 0.3) is 0 Å². The molecule has 0 bridgehead atoms. The van der Waals surface area contributed by atoms with Gasteiger partial charge in [-0.15, -0.1) is 0 Å². The zero-order valence-electron chi connectivity index (χ0n) is 9.93. The van der Waals surface area contributed by atoms with Gasteiger partial charge in [-0.3, -0.25) is 4.68 Å². The summed E-state index contributed by atoms with van der Waals surface area (Å²) >= 11 is 0. The molecule has 0 amide bonds. The minimum atomic E-state index is 0.430. The lowest BCUT2D eigenvalue weighted by molar-refractivity contribution is 0.0561. The van der Waals surface area contributed by atoms with Crippen molar-refractivity contribution in [3.63, 3.8) is 0 Å². The molecule has 2 unspecified atom stereocenters. The smallest absolute Gasteiger partial charge is 0.0704 e. The molecule has 2 atom stereocenters. The van der Waals surface area contributed by atoms with Crippen molar-refractivity contribution >= 4 is 0 Å². The summed E-state index contributed by atoms with van der Waals surface area (Å²) in [5.74, 6) is 0. The van der Waals surface area contributed by atoms with Gasteiger partial charge in [-0.1, -0.05) is 0 Å². The Bertz CT molecular complexity index is 286. The molecular weight excluding hydrogens is 202 g/mol. The van der Waals surface area contributed by atoms with Crippen LogP contribution in [-0.2, 0) is 11.3 Å². The number of nitrogens with zero attached hydrogens (tertiary/aromatic N) is 2. The molecule has 1 N–H and O–H groups in total. The first kappa shape index (κ1) is 11.6. The van der Waals surface area contributed by atoms with Crippen LogP contribution in [-0.4, -0.2) is 35.1 Å². The summed E-state index contributed by atoms with van der Waals surface area (Å²) in [6, 6.07) is 1.96. The molecule has 0 aromatic carbocycles. The average molecular weight is 223 g/mol. The van der Waals surface area contributed by atoms with Crippen molar-refractivity contribution in [2.45, 2.75) is 44.9 Å². The molecule has 1 aromatic heterocycles. The minimum absolute atomic E-state index is 0.430. The van der Waals surface area contributed by atoms with E-state index in [9.17, 15) is 0 Å². The molecule has 1 aromatic rings. The van der Waals surface area contributed by atoms with Gasteiger partial charge in [0.05, 0.1) is 12.2 Å². The molecule has 2 heterocycles. The zero-order chi connectivity index (χ0) is 11.2. The van der Waals surface area contributed by atoms with Gasteiger partial charge in [0.2, 0.25) is 0 Å². The highest BCUT2D eigenvalue weighted by Gasteiger charge is 2.20. The van der Waals surface area contributed by atoms with Gasteiger partial charge < -0.3 is 10.1 Å². The zero-order valence-corrected chi connectivity index (χ0v) is 9.93. The maximum Gasteiger partial charge on any atom is 0.0704 e. The first-order valence-electron chi connectivity index (χ1n) is 6.18. The average Bonchev–Trinajstić information content (AvgIpc) is 2.89. The first-order chi connectivity index (χ1) is 7.84. The van der Waals surface area contributed by atoms with E-state index in [2.05, 4.69) is 17.3 Å². The summed E-state index contributed by atoms with van der Waals surface area (Å²) in [7, 11) is 0.